The number of rotatable bonds is 3. The summed E-state index contributed by atoms with van der Waals surface area (Å²) < 4.78 is 0. The molecule has 12 heavy (non-hydrogen) atoms. The van der Waals surface area contributed by atoms with Gasteiger partial charge in [-0.05, 0) is 6.07 Å². The maximum Gasteiger partial charge on any atom is 0.324 e. The van der Waals surface area contributed by atoms with Crippen LogP contribution in [0.4, 0.5) is 5.00 Å². The molecule has 0 atom stereocenters. The Morgan fingerprint density at radius 1 is 1.67 bits per heavy atom. The number of hydrogen-bond acceptors (Lipinski definition) is 4. The van der Waals surface area contributed by atoms with E-state index in [4.69, 9.17) is 5.11 Å². The Hall–Kier alpha value is -1.43. The summed E-state index contributed by atoms with van der Waals surface area (Å²) in [5, 5.41) is 18.5. The van der Waals surface area contributed by atoms with Crippen molar-refractivity contribution in [1.82, 2.24) is 0 Å². The van der Waals surface area contributed by atoms with Crippen LogP contribution in [0.3, 0.4) is 0 Å². The number of hydrogen-bond donors (Lipinski definition) is 1. The fraction of sp³-hybridized carbons (Fsp3) is 0.167. The molecular weight excluding hydrogens is 182 g/mol. The van der Waals surface area contributed by atoms with Crippen molar-refractivity contribution in [3.05, 3.63) is 27.1 Å². The predicted molar refractivity (Wildman–Crippen MR) is 42.3 cm³/mol. The van der Waals surface area contributed by atoms with Crippen molar-refractivity contribution < 1.29 is 14.8 Å². The number of thiophene rings is 1. The highest BCUT2D eigenvalue weighted by atomic mass is 32.1. The summed E-state index contributed by atoms with van der Waals surface area (Å²) in [4.78, 5) is 20.3. The molecule has 0 saturated carbocycles. The molecule has 1 aromatic rings. The molecule has 1 aromatic heterocycles. The second-order valence-electron chi connectivity index (χ2n) is 2.07. The monoisotopic (exact) mass is 187 g/mol. The first kappa shape index (κ1) is 8.66. The van der Waals surface area contributed by atoms with Crippen LogP contribution in [0.25, 0.3) is 0 Å². The highest BCUT2D eigenvalue weighted by Crippen LogP contribution is 2.23. The molecule has 0 aliphatic carbocycles. The van der Waals surface area contributed by atoms with Crippen LogP contribution in [0, 0.1) is 10.1 Å². The number of carboxylic acids is 1. The van der Waals surface area contributed by atoms with E-state index in [1.165, 1.54) is 12.1 Å². The Morgan fingerprint density at radius 2 is 2.33 bits per heavy atom. The molecule has 1 N–H and O–H groups in total. The third kappa shape index (κ3) is 2.03. The van der Waals surface area contributed by atoms with E-state index in [0.29, 0.717) is 4.88 Å². The van der Waals surface area contributed by atoms with Gasteiger partial charge in [0.15, 0.2) is 0 Å². The zero-order valence-electron chi connectivity index (χ0n) is 5.89. The fourth-order valence-electron chi connectivity index (χ4n) is 0.709. The zero-order chi connectivity index (χ0) is 9.14. The maximum absolute atomic E-state index is 10.2. The molecule has 0 radical (unpaired) electrons. The number of nitro groups is 1. The molecule has 6 heteroatoms. The summed E-state index contributed by atoms with van der Waals surface area (Å²) in [6.45, 7) is 0. The van der Waals surface area contributed by atoms with Crippen LogP contribution in [0.5, 0.6) is 0 Å². The first-order valence-corrected chi connectivity index (χ1v) is 3.86. The molecule has 0 amide bonds. The van der Waals surface area contributed by atoms with Crippen molar-refractivity contribution in [3.63, 3.8) is 0 Å². The average Bonchev–Trinajstić information content (AvgIpc) is 2.34. The van der Waals surface area contributed by atoms with Gasteiger partial charge in [-0.3, -0.25) is 14.9 Å². The molecule has 1 heterocycles. The van der Waals surface area contributed by atoms with Crippen LogP contribution >= 0.6 is 11.3 Å². The van der Waals surface area contributed by atoms with Crippen LogP contribution in [0.1, 0.15) is 4.88 Å². The van der Waals surface area contributed by atoms with E-state index in [9.17, 15) is 14.9 Å². The van der Waals surface area contributed by atoms with Gasteiger partial charge < -0.3 is 5.11 Å². The molecule has 64 valence electrons. The Labute approximate surface area is 71.4 Å². The molecule has 0 aromatic carbocycles. The van der Waals surface area contributed by atoms with Gasteiger partial charge in [-0.25, -0.2) is 0 Å². The van der Waals surface area contributed by atoms with Crippen molar-refractivity contribution in [3.8, 4) is 0 Å². The summed E-state index contributed by atoms with van der Waals surface area (Å²) in [6.07, 6.45) is -0.154. The van der Waals surface area contributed by atoms with E-state index in [0.717, 1.165) is 11.3 Å². The van der Waals surface area contributed by atoms with Crippen LogP contribution < -0.4 is 0 Å². The van der Waals surface area contributed by atoms with E-state index < -0.39 is 10.9 Å². The van der Waals surface area contributed by atoms with Crippen molar-refractivity contribution in [2.45, 2.75) is 6.42 Å². The fourth-order valence-corrected chi connectivity index (χ4v) is 1.52. The molecular formula is C6H5NO4S. The van der Waals surface area contributed by atoms with Crippen molar-refractivity contribution in [1.29, 1.82) is 0 Å². The van der Waals surface area contributed by atoms with E-state index >= 15 is 0 Å². The van der Waals surface area contributed by atoms with Crippen molar-refractivity contribution >= 4 is 22.3 Å². The molecule has 0 aliphatic rings. The lowest BCUT2D eigenvalue weighted by Gasteiger charge is -1.85. The molecule has 5 nitrogen and oxygen atoms in total. The van der Waals surface area contributed by atoms with Gasteiger partial charge in [0.2, 0.25) is 0 Å². The van der Waals surface area contributed by atoms with Gasteiger partial charge in [-0.15, -0.1) is 0 Å². The minimum atomic E-state index is -0.980. The van der Waals surface area contributed by atoms with Gasteiger partial charge in [0.05, 0.1) is 11.3 Å². The topological polar surface area (TPSA) is 80.4 Å². The number of nitrogens with zero attached hydrogens (tertiary/aromatic N) is 1. The first-order chi connectivity index (χ1) is 5.59. The predicted octanol–water partition coefficient (Wildman–Crippen LogP) is 1.28. The van der Waals surface area contributed by atoms with E-state index in [1.807, 2.05) is 0 Å². The van der Waals surface area contributed by atoms with Crippen LogP contribution in [-0.4, -0.2) is 16.0 Å². The second-order valence-corrected chi connectivity index (χ2v) is 3.21. The third-order valence-corrected chi connectivity index (χ3v) is 2.19. The van der Waals surface area contributed by atoms with Gasteiger partial charge in [0.25, 0.3) is 0 Å². The van der Waals surface area contributed by atoms with Crippen LogP contribution in [0.15, 0.2) is 12.1 Å². The minimum absolute atomic E-state index is 0.0220. The zero-order valence-corrected chi connectivity index (χ0v) is 6.71. The molecule has 0 spiro atoms. The van der Waals surface area contributed by atoms with Gasteiger partial charge in [0, 0.05) is 10.9 Å². The summed E-state index contributed by atoms with van der Waals surface area (Å²) in [5.74, 6) is -0.980. The largest absolute Gasteiger partial charge is 0.481 e. The van der Waals surface area contributed by atoms with Gasteiger partial charge >= 0.3 is 11.0 Å². The van der Waals surface area contributed by atoms with Crippen molar-refractivity contribution in [2.24, 2.45) is 0 Å². The Bertz CT molecular complexity index is 319. The SMILES string of the molecule is O=C(O)Cc1ccc([N+](=O)[O-])s1. The van der Waals surface area contributed by atoms with Gasteiger partial charge in [0.1, 0.15) is 0 Å². The third-order valence-electron chi connectivity index (χ3n) is 1.15. The second kappa shape index (κ2) is 3.31. The van der Waals surface area contributed by atoms with E-state index in [2.05, 4.69) is 0 Å². The first-order valence-electron chi connectivity index (χ1n) is 3.04. The molecule has 1 rings (SSSR count). The Kier molecular flexibility index (Phi) is 2.39. The lowest BCUT2D eigenvalue weighted by atomic mass is 10.3. The molecule has 0 unspecified atom stereocenters. The van der Waals surface area contributed by atoms with Crippen LogP contribution in [0.2, 0.25) is 0 Å². The lowest BCUT2D eigenvalue weighted by Crippen LogP contribution is -1.96. The molecule has 0 bridgehead atoms. The standard InChI is InChI=1S/C6H5NO4S/c8-6(9)3-4-1-2-5(12-4)7(10)11/h1-2H,3H2,(H,8,9). The summed E-state index contributed by atoms with van der Waals surface area (Å²) >= 11 is 0.889. The smallest absolute Gasteiger partial charge is 0.324 e. The number of carboxylic acid groups (broad SMARTS) is 1. The average molecular weight is 187 g/mol. The normalized spacial score (nSPS) is 9.67. The van der Waals surface area contributed by atoms with Gasteiger partial charge in [-0.2, -0.15) is 0 Å². The summed E-state index contributed by atoms with van der Waals surface area (Å²) in [6, 6.07) is 2.76. The summed E-state index contributed by atoms with van der Waals surface area (Å²) in [5.41, 5.74) is 0. The Morgan fingerprint density at radius 3 is 2.75 bits per heavy atom. The van der Waals surface area contributed by atoms with Crippen LogP contribution in [-0.2, 0) is 11.2 Å². The molecule has 0 aliphatic heterocycles. The number of carbonyl (C=O) groups is 1. The van der Waals surface area contributed by atoms with E-state index in [1.54, 1.807) is 0 Å². The quantitative estimate of drug-likeness (QED) is 0.571. The number of aliphatic carboxylic acids is 1. The Balaban J connectivity index is 2.77. The molecule has 0 saturated heterocycles. The maximum atomic E-state index is 10.2. The molecule has 0 fully saturated rings. The highest BCUT2D eigenvalue weighted by molar-refractivity contribution is 7.15. The lowest BCUT2D eigenvalue weighted by molar-refractivity contribution is -0.380. The summed E-state index contributed by atoms with van der Waals surface area (Å²) in [7, 11) is 0. The van der Waals surface area contributed by atoms with E-state index in [-0.39, 0.29) is 11.4 Å². The van der Waals surface area contributed by atoms with Crippen molar-refractivity contribution in [2.75, 3.05) is 0 Å². The van der Waals surface area contributed by atoms with Gasteiger partial charge in [-0.1, -0.05) is 11.3 Å². The highest BCUT2D eigenvalue weighted by Gasteiger charge is 2.11. The minimum Gasteiger partial charge on any atom is -0.481 e.